The fourth-order valence-corrected chi connectivity index (χ4v) is 3.43. The van der Waals surface area contributed by atoms with E-state index in [-0.39, 0.29) is 24.8 Å². The third kappa shape index (κ3) is 4.27. The van der Waals surface area contributed by atoms with Gasteiger partial charge in [0.25, 0.3) is 0 Å². The van der Waals surface area contributed by atoms with Crippen LogP contribution in [0.3, 0.4) is 0 Å². The molecular weight excluding hydrogens is 362 g/mol. The van der Waals surface area contributed by atoms with Crippen LogP contribution in [-0.2, 0) is 16.0 Å². The number of ether oxygens (including phenoxy) is 1. The number of fused-ring (bicyclic) bond motifs is 1. The van der Waals surface area contributed by atoms with Gasteiger partial charge in [-0.25, -0.2) is 0 Å². The molecule has 4 heteroatoms. The highest BCUT2D eigenvalue weighted by molar-refractivity contribution is 6.14. The first-order valence-corrected chi connectivity index (χ1v) is 9.61. The Morgan fingerprint density at radius 2 is 1.45 bits per heavy atom. The number of hydrogen-bond donors (Lipinski definition) is 1. The number of H-pyrrole nitrogens is 1. The molecule has 4 aromatic rings. The maximum absolute atomic E-state index is 13.0. The molecule has 0 aliphatic rings. The lowest BCUT2D eigenvalue weighted by Crippen LogP contribution is -2.15. The molecule has 0 spiro atoms. The molecular formula is C25H21NO3. The number of aryl methyl sites for hydroxylation is 1. The Morgan fingerprint density at radius 3 is 2.21 bits per heavy atom. The van der Waals surface area contributed by atoms with Gasteiger partial charge in [-0.15, -0.1) is 0 Å². The van der Waals surface area contributed by atoms with Crippen LogP contribution >= 0.6 is 0 Å². The van der Waals surface area contributed by atoms with E-state index in [2.05, 4.69) is 4.98 Å². The summed E-state index contributed by atoms with van der Waals surface area (Å²) in [4.78, 5) is 28.5. The monoisotopic (exact) mass is 383 g/mol. The second-order valence-electron chi connectivity index (χ2n) is 6.86. The fourth-order valence-electron chi connectivity index (χ4n) is 3.43. The van der Waals surface area contributed by atoms with E-state index in [1.54, 1.807) is 0 Å². The van der Waals surface area contributed by atoms with Gasteiger partial charge in [-0.3, -0.25) is 9.59 Å². The van der Waals surface area contributed by atoms with Crippen molar-refractivity contribution in [2.24, 2.45) is 0 Å². The zero-order valence-electron chi connectivity index (χ0n) is 15.9. The minimum Gasteiger partial charge on any atom is -0.457 e. The van der Waals surface area contributed by atoms with Crippen molar-refractivity contribution < 1.29 is 14.3 Å². The summed E-state index contributed by atoms with van der Waals surface area (Å²) in [5.74, 6) is -0.585. The lowest BCUT2D eigenvalue weighted by atomic mass is 10.0. The molecule has 0 saturated heterocycles. The summed E-state index contributed by atoms with van der Waals surface area (Å²) in [6.45, 7) is -0.269. The van der Waals surface area contributed by atoms with Crippen molar-refractivity contribution >= 4 is 22.7 Å². The summed E-state index contributed by atoms with van der Waals surface area (Å²) in [5, 5.41) is 0.830. The lowest BCUT2D eigenvalue weighted by Gasteiger charge is -2.07. The smallest absolute Gasteiger partial charge is 0.306 e. The first-order chi connectivity index (χ1) is 14.2. The van der Waals surface area contributed by atoms with Crippen LogP contribution in [0.1, 0.15) is 22.3 Å². The fraction of sp³-hybridized carbons (Fsp3) is 0.120. The standard InChI is InChI=1S/C25H21NO3/c27-22(17-29-23(28)16-15-18-9-3-1-4-10-18)24-20-13-7-8-14-21(20)26-25(24)19-11-5-2-6-12-19/h1-14,26H,15-17H2. The maximum atomic E-state index is 13.0. The third-order valence-electron chi connectivity index (χ3n) is 4.87. The van der Waals surface area contributed by atoms with Crippen molar-refractivity contribution in [2.45, 2.75) is 12.8 Å². The number of aromatic nitrogens is 1. The summed E-state index contributed by atoms with van der Waals surface area (Å²) >= 11 is 0. The molecule has 4 nitrogen and oxygen atoms in total. The normalized spacial score (nSPS) is 10.8. The maximum Gasteiger partial charge on any atom is 0.306 e. The molecule has 0 fully saturated rings. The van der Waals surface area contributed by atoms with Gasteiger partial charge in [0.15, 0.2) is 6.61 Å². The molecule has 144 valence electrons. The summed E-state index contributed by atoms with van der Waals surface area (Å²) in [6, 6.07) is 27.1. The van der Waals surface area contributed by atoms with Crippen molar-refractivity contribution in [1.82, 2.24) is 4.98 Å². The molecule has 0 amide bonds. The number of nitrogens with one attached hydrogen (secondary N) is 1. The Bertz CT molecular complexity index is 1130. The van der Waals surface area contributed by atoms with Crippen LogP contribution in [0.5, 0.6) is 0 Å². The third-order valence-corrected chi connectivity index (χ3v) is 4.87. The molecule has 1 heterocycles. The van der Waals surface area contributed by atoms with Gasteiger partial charge in [-0.05, 0) is 23.6 Å². The topological polar surface area (TPSA) is 59.2 Å². The zero-order valence-corrected chi connectivity index (χ0v) is 15.9. The van der Waals surface area contributed by atoms with Gasteiger partial charge >= 0.3 is 5.97 Å². The van der Waals surface area contributed by atoms with Crippen molar-refractivity contribution in [1.29, 1.82) is 0 Å². The molecule has 4 rings (SSSR count). The van der Waals surface area contributed by atoms with E-state index in [1.165, 1.54) is 0 Å². The first-order valence-electron chi connectivity index (χ1n) is 9.61. The number of ketones is 1. The van der Waals surface area contributed by atoms with E-state index in [9.17, 15) is 9.59 Å². The second kappa shape index (κ2) is 8.57. The number of rotatable bonds is 7. The van der Waals surface area contributed by atoms with Crippen molar-refractivity contribution in [3.63, 3.8) is 0 Å². The number of Topliss-reactive ketones (excluding diaryl/α,β-unsaturated/α-hetero) is 1. The average molecular weight is 383 g/mol. The van der Waals surface area contributed by atoms with Crippen molar-refractivity contribution in [2.75, 3.05) is 6.61 Å². The molecule has 0 radical (unpaired) electrons. The van der Waals surface area contributed by atoms with Crippen LogP contribution in [0.4, 0.5) is 0 Å². The highest BCUT2D eigenvalue weighted by atomic mass is 16.5. The molecule has 1 N–H and O–H groups in total. The van der Waals surface area contributed by atoms with E-state index in [1.807, 2.05) is 84.9 Å². The highest BCUT2D eigenvalue weighted by Crippen LogP contribution is 2.30. The number of carbonyl (C=O) groups is 2. The summed E-state index contributed by atoms with van der Waals surface area (Å²) < 4.78 is 5.29. The Balaban J connectivity index is 1.50. The minimum absolute atomic E-state index is 0.214. The largest absolute Gasteiger partial charge is 0.457 e. The van der Waals surface area contributed by atoms with E-state index >= 15 is 0 Å². The Kier molecular flexibility index (Phi) is 5.52. The molecule has 0 saturated carbocycles. The Morgan fingerprint density at radius 1 is 0.793 bits per heavy atom. The number of hydrogen-bond acceptors (Lipinski definition) is 3. The number of benzene rings is 3. The number of esters is 1. The van der Waals surface area contributed by atoms with Crippen LogP contribution in [0.15, 0.2) is 84.9 Å². The average Bonchev–Trinajstić information content (AvgIpc) is 3.17. The second-order valence-corrected chi connectivity index (χ2v) is 6.86. The SMILES string of the molecule is O=C(CCc1ccccc1)OCC(=O)c1c(-c2ccccc2)[nH]c2ccccc12. The highest BCUT2D eigenvalue weighted by Gasteiger charge is 2.20. The van der Waals surface area contributed by atoms with Crippen LogP contribution in [0, 0.1) is 0 Å². The van der Waals surface area contributed by atoms with Gasteiger partial charge in [-0.1, -0.05) is 78.9 Å². The van der Waals surface area contributed by atoms with E-state index in [4.69, 9.17) is 4.74 Å². The lowest BCUT2D eigenvalue weighted by molar-refractivity contribution is -0.142. The van der Waals surface area contributed by atoms with Gasteiger partial charge in [-0.2, -0.15) is 0 Å². The van der Waals surface area contributed by atoms with Crippen LogP contribution in [0.2, 0.25) is 0 Å². The van der Waals surface area contributed by atoms with Gasteiger partial charge < -0.3 is 9.72 Å². The van der Waals surface area contributed by atoms with E-state index < -0.39 is 0 Å². The molecule has 0 bridgehead atoms. The Hall–Kier alpha value is -3.66. The first kappa shape index (κ1) is 18.7. The van der Waals surface area contributed by atoms with Crippen molar-refractivity contribution in [3.8, 4) is 11.3 Å². The minimum atomic E-state index is -0.372. The van der Waals surface area contributed by atoms with Gasteiger partial charge in [0.1, 0.15) is 0 Å². The quantitative estimate of drug-likeness (QED) is 0.353. The summed E-state index contributed by atoms with van der Waals surface area (Å²) in [7, 11) is 0. The summed E-state index contributed by atoms with van der Waals surface area (Å²) in [6.07, 6.45) is 0.840. The molecule has 0 atom stereocenters. The van der Waals surface area contributed by atoms with Gasteiger partial charge in [0.2, 0.25) is 5.78 Å². The molecule has 29 heavy (non-hydrogen) atoms. The predicted molar refractivity (Wildman–Crippen MR) is 114 cm³/mol. The zero-order chi connectivity index (χ0) is 20.1. The van der Waals surface area contributed by atoms with Crippen LogP contribution in [0.25, 0.3) is 22.2 Å². The van der Waals surface area contributed by atoms with Crippen molar-refractivity contribution in [3.05, 3.63) is 96.1 Å². The molecule has 0 unspecified atom stereocenters. The van der Waals surface area contributed by atoms with E-state index in [0.29, 0.717) is 12.0 Å². The Labute approximate surface area is 169 Å². The van der Waals surface area contributed by atoms with Gasteiger partial charge in [0, 0.05) is 17.3 Å². The number of para-hydroxylation sites is 1. The number of carbonyl (C=O) groups excluding carboxylic acids is 2. The van der Waals surface area contributed by atoms with E-state index in [0.717, 1.165) is 27.7 Å². The number of aromatic amines is 1. The molecule has 0 aliphatic carbocycles. The van der Waals surface area contributed by atoms with Crippen LogP contribution in [-0.4, -0.2) is 23.3 Å². The van der Waals surface area contributed by atoms with Crippen LogP contribution < -0.4 is 0 Å². The summed E-state index contributed by atoms with van der Waals surface area (Å²) in [5.41, 5.74) is 4.17. The van der Waals surface area contributed by atoms with Gasteiger partial charge in [0.05, 0.1) is 11.3 Å². The molecule has 3 aromatic carbocycles. The molecule has 0 aliphatic heterocycles. The molecule has 1 aromatic heterocycles. The predicted octanol–water partition coefficient (Wildman–Crippen LogP) is 5.19.